The van der Waals surface area contributed by atoms with Gasteiger partial charge in [-0.3, -0.25) is 19.9 Å². The number of imide groups is 1. The Balaban J connectivity index is 1.53. The van der Waals surface area contributed by atoms with Crippen LogP contribution in [0.4, 0.5) is 4.79 Å². The topological polar surface area (TPSA) is 124 Å². The Hall–Kier alpha value is -3.88. The summed E-state index contributed by atoms with van der Waals surface area (Å²) in [5.41, 5.74) is 0.390. The average Bonchev–Trinajstić information content (AvgIpc) is 3.26. The number of hydrogen-bond acceptors (Lipinski definition) is 6. The zero-order valence-corrected chi connectivity index (χ0v) is 15.1. The maximum atomic E-state index is 12.8. The number of aromatic hydroxyl groups is 1. The molecule has 1 atom stereocenters. The van der Waals surface area contributed by atoms with Gasteiger partial charge in [-0.25, -0.2) is 4.79 Å². The molecule has 1 aromatic heterocycles. The molecular formula is C20H16N4O5. The van der Waals surface area contributed by atoms with Crippen LogP contribution in [0.3, 0.4) is 0 Å². The number of rotatable bonds is 3. The van der Waals surface area contributed by atoms with Crippen LogP contribution in [0, 0.1) is 0 Å². The van der Waals surface area contributed by atoms with Crippen LogP contribution >= 0.6 is 0 Å². The first-order valence-electron chi connectivity index (χ1n) is 9.02. The number of carbonyl (C=O) groups is 3. The highest BCUT2D eigenvalue weighted by atomic mass is 16.3. The molecule has 4 amide bonds. The van der Waals surface area contributed by atoms with Crippen molar-refractivity contribution in [3.63, 3.8) is 0 Å². The molecule has 3 aliphatic rings. The number of nitrogens with one attached hydrogen (secondary N) is 2. The Bertz CT molecular complexity index is 1130. The predicted molar refractivity (Wildman–Crippen MR) is 101 cm³/mol. The zero-order chi connectivity index (χ0) is 20.2. The summed E-state index contributed by atoms with van der Waals surface area (Å²) in [5, 5.41) is 14.6. The van der Waals surface area contributed by atoms with E-state index in [0.717, 1.165) is 11.1 Å². The molecule has 9 nitrogen and oxygen atoms in total. The molecule has 3 aliphatic heterocycles. The van der Waals surface area contributed by atoms with Gasteiger partial charge in [-0.1, -0.05) is 6.07 Å². The fourth-order valence-corrected chi connectivity index (χ4v) is 3.89. The van der Waals surface area contributed by atoms with Crippen molar-refractivity contribution in [2.75, 3.05) is 6.54 Å². The molecule has 0 unspecified atom stereocenters. The lowest BCUT2D eigenvalue weighted by Gasteiger charge is -2.29. The van der Waals surface area contributed by atoms with Gasteiger partial charge in [0, 0.05) is 36.5 Å². The van der Waals surface area contributed by atoms with Crippen molar-refractivity contribution in [3.05, 3.63) is 58.7 Å². The molecule has 146 valence electrons. The van der Waals surface area contributed by atoms with E-state index in [1.54, 1.807) is 30.6 Å². The fraction of sp³-hybridized carbons (Fsp3) is 0.200. The first kappa shape index (κ1) is 17.2. The lowest BCUT2D eigenvalue weighted by molar-refractivity contribution is -0.125. The van der Waals surface area contributed by atoms with Gasteiger partial charge < -0.3 is 19.7 Å². The van der Waals surface area contributed by atoms with E-state index in [1.165, 1.54) is 17.0 Å². The fourth-order valence-electron chi connectivity index (χ4n) is 3.89. The summed E-state index contributed by atoms with van der Waals surface area (Å²) < 4.78 is 5.91. The number of aliphatic imine (C=N–C) groups is 1. The molecule has 29 heavy (non-hydrogen) atoms. The van der Waals surface area contributed by atoms with Crippen LogP contribution in [0.25, 0.3) is 6.08 Å². The summed E-state index contributed by atoms with van der Waals surface area (Å²) >= 11 is 0. The quantitative estimate of drug-likeness (QED) is 0.679. The van der Waals surface area contributed by atoms with Crippen LogP contribution < -0.4 is 10.6 Å². The highest BCUT2D eigenvalue weighted by Gasteiger charge is 2.53. The standard InChI is InChI=1S/C20H16N4O5/c25-13-2-1-12-9-24(17(26)14(12)8-13)10-20(18(27)22-19(28)23-20)16-7-11-3-5-21-6-4-15(11)29-16/h1-2,4-8,25H,3,9-10H2,(H2,22,23,27,28)/t20-/m0/s1. The van der Waals surface area contributed by atoms with E-state index in [4.69, 9.17) is 4.42 Å². The molecule has 0 radical (unpaired) electrons. The molecule has 0 bridgehead atoms. The summed E-state index contributed by atoms with van der Waals surface area (Å²) in [6, 6.07) is 5.63. The van der Waals surface area contributed by atoms with Crippen molar-refractivity contribution < 1.29 is 23.9 Å². The maximum absolute atomic E-state index is 12.8. The van der Waals surface area contributed by atoms with Gasteiger partial charge >= 0.3 is 6.03 Å². The first-order valence-corrected chi connectivity index (χ1v) is 9.02. The van der Waals surface area contributed by atoms with Gasteiger partial charge in [0.15, 0.2) is 5.54 Å². The molecule has 0 aliphatic carbocycles. The number of carbonyl (C=O) groups excluding carboxylic acids is 3. The number of furan rings is 1. The number of hydrogen-bond donors (Lipinski definition) is 3. The Morgan fingerprint density at radius 2 is 2.07 bits per heavy atom. The van der Waals surface area contributed by atoms with Crippen molar-refractivity contribution in [2.24, 2.45) is 4.99 Å². The number of fused-ring (bicyclic) bond motifs is 2. The van der Waals surface area contributed by atoms with Crippen LogP contribution in [0.2, 0.25) is 0 Å². The third kappa shape index (κ3) is 2.62. The van der Waals surface area contributed by atoms with Gasteiger partial charge in [-0.2, -0.15) is 0 Å². The molecule has 9 heteroatoms. The molecule has 1 fully saturated rings. The van der Waals surface area contributed by atoms with Gasteiger partial charge in [-0.05, 0) is 29.8 Å². The molecule has 3 N–H and O–H groups in total. The highest BCUT2D eigenvalue weighted by Crippen LogP contribution is 2.34. The predicted octanol–water partition coefficient (Wildman–Crippen LogP) is 1.27. The zero-order valence-electron chi connectivity index (χ0n) is 15.1. The second-order valence-corrected chi connectivity index (χ2v) is 7.17. The maximum Gasteiger partial charge on any atom is 0.322 e. The average molecular weight is 392 g/mol. The van der Waals surface area contributed by atoms with Crippen molar-refractivity contribution in [2.45, 2.75) is 18.5 Å². The molecular weight excluding hydrogens is 376 g/mol. The van der Waals surface area contributed by atoms with Crippen molar-refractivity contribution in [3.8, 4) is 5.75 Å². The minimum Gasteiger partial charge on any atom is -0.508 e. The van der Waals surface area contributed by atoms with E-state index in [9.17, 15) is 19.5 Å². The molecule has 2 aromatic rings. The summed E-state index contributed by atoms with van der Waals surface area (Å²) in [6.45, 7) is 0.148. The van der Waals surface area contributed by atoms with Gasteiger partial charge in [0.05, 0.1) is 6.54 Å². The first-order chi connectivity index (χ1) is 14.0. The van der Waals surface area contributed by atoms with Gasteiger partial charge in [-0.15, -0.1) is 0 Å². The molecule has 5 rings (SSSR count). The van der Waals surface area contributed by atoms with Crippen LogP contribution in [0.15, 0.2) is 39.9 Å². The molecule has 1 saturated heterocycles. The molecule has 0 spiro atoms. The van der Waals surface area contributed by atoms with E-state index >= 15 is 0 Å². The monoisotopic (exact) mass is 392 g/mol. The van der Waals surface area contributed by atoms with Crippen LogP contribution in [0.1, 0.15) is 33.0 Å². The van der Waals surface area contributed by atoms with Gasteiger partial charge in [0.2, 0.25) is 0 Å². The number of benzene rings is 1. The Morgan fingerprint density at radius 3 is 2.86 bits per heavy atom. The second kappa shape index (κ2) is 6.06. The largest absolute Gasteiger partial charge is 0.508 e. The third-order valence-electron chi connectivity index (χ3n) is 5.33. The number of amides is 4. The second-order valence-electron chi connectivity index (χ2n) is 7.17. The Labute approximate surface area is 164 Å². The summed E-state index contributed by atoms with van der Waals surface area (Å²) in [5.74, 6) is -0.131. The van der Waals surface area contributed by atoms with E-state index in [0.29, 0.717) is 17.7 Å². The minimum absolute atomic E-state index is 0.0104. The molecule has 1 aromatic carbocycles. The van der Waals surface area contributed by atoms with Crippen molar-refractivity contribution >= 4 is 30.1 Å². The summed E-state index contributed by atoms with van der Waals surface area (Å²) in [7, 11) is 0. The van der Waals surface area contributed by atoms with E-state index < -0.39 is 17.5 Å². The number of phenols is 1. The minimum atomic E-state index is -1.55. The highest BCUT2D eigenvalue weighted by molar-refractivity contribution is 6.08. The summed E-state index contributed by atoms with van der Waals surface area (Å²) in [4.78, 5) is 43.2. The van der Waals surface area contributed by atoms with Crippen LogP contribution in [-0.4, -0.2) is 40.6 Å². The number of phenolic OH excluding ortho intramolecular Hbond substituents is 1. The Kier molecular flexibility index (Phi) is 3.60. The van der Waals surface area contributed by atoms with Crippen LogP contribution in [-0.2, 0) is 23.3 Å². The molecule has 0 saturated carbocycles. The SMILES string of the molecule is O=C1NC(=O)[C@](CN2Cc3ccc(O)cc3C2=O)(c2cc3c(o2)C=CN=CC3)N1. The number of nitrogens with zero attached hydrogens (tertiary/aromatic N) is 2. The van der Waals surface area contributed by atoms with Crippen molar-refractivity contribution in [1.82, 2.24) is 15.5 Å². The van der Waals surface area contributed by atoms with E-state index in [2.05, 4.69) is 15.6 Å². The Morgan fingerprint density at radius 1 is 1.21 bits per heavy atom. The number of urea groups is 1. The normalized spacial score (nSPS) is 22.3. The van der Waals surface area contributed by atoms with E-state index in [-0.39, 0.29) is 30.5 Å². The van der Waals surface area contributed by atoms with Gasteiger partial charge in [0.25, 0.3) is 11.8 Å². The lowest BCUT2D eigenvalue weighted by atomic mass is 9.94. The third-order valence-corrected chi connectivity index (χ3v) is 5.33. The summed E-state index contributed by atoms with van der Waals surface area (Å²) in [6.07, 6.45) is 5.51. The van der Waals surface area contributed by atoms with E-state index in [1.807, 2.05) is 0 Å². The smallest absolute Gasteiger partial charge is 0.322 e. The van der Waals surface area contributed by atoms with Crippen LogP contribution in [0.5, 0.6) is 5.75 Å². The van der Waals surface area contributed by atoms with Crippen molar-refractivity contribution in [1.29, 1.82) is 0 Å². The molecule has 4 heterocycles. The lowest BCUT2D eigenvalue weighted by Crippen LogP contribution is -2.52. The van der Waals surface area contributed by atoms with Gasteiger partial charge in [0.1, 0.15) is 17.3 Å².